The summed E-state index contributed by atoms with van der Waals surface area (Å²) in [5, 5.41) is 0. The summed E-state index contributed by atoms with van der Waals surface area (Å²) in [5.74, 6) is 1.72. The number of hydrogen-bond donors (Lipinski definition) is 0. The van der Waals surface area contributed by atoms with Gasteiger partial charge in [-0.3, -0.25) is 4.79 Å². The summed E-state index contributed by atoms with van der Waals surface area (Å²) in [5.41, 5.74) is 0.918. The molecule has 1 aliphatic carbocycles. The van der Waals surface area contributed by atoms with Crippen molar-refractivity contribution >= 4 is 0 Å². The molecule has 2 rings (SSSR count). The van der Waals surface area contributed by atoms with Crippen LogP contribution in [0.5, 0.6) is 0 Å². The highest BCUT2D eigenvalue weighted by molar-refractivity contribution is 5.24. The van der Waals surface area contributed by atoms with Gasteiger partial charge in [0, 0.05) is 13.0 Å². The smallest absolute Gasteiger partial charge is 0.285 e. The number of aryl methyl sites for hydroxylation is 1. The fraction of sp³-hybridized carbons (Fsp3) is 0.700. The molecule has 0 atom stereocenters. The van der Waals surface area contributed by atoms with Crippen molar-refractivity contribution in [1.82, 2.24) is 4.74 Å². The molecule has 1 saturated carbocycles. The van der Waals surface area contributed by atoms with Gasteiger partial charge in [-0.15, -0.1) is 0 Å². The second kappa shape index (κ2) is 2.76. The van der Waals surface area contributed by atoms with Crippen LogP contribution in [0.1, 0.15) is 49.8 Å². The van der Waals surface area contributed by atoms with Crippen LogP contribution in [0.4, 0.5) is 0 Å². The lowest BCUT2D eigenvalue weighted by atomic mass is 10.0. The Hall–Kier alpha value is -0.990. The molecule has 13 heavy (non-hydrogen) atoms. The van der Waals surface area contributed by atoms with E-state index in [1.54, 1.807) is 7.05 Å². The first kappa shape index (κ1) is 8.60. The predicted molar refractivity (Wildman–Crippen MR) is 50.0 cm³/mol. The average molecular weight is 181 g/mol. The maximum Gasteiger partial charge on any atom is 0.285 e. The lowest BCUT2D eigenvalue weighted by Gasteiger charge is -2.00. The Bertz CT molecular complexity index is 369. The third kappa shape index (κ3) is 1.32. The Balaban J connectivity index is 2.54. The molecule has 0 unspecified atom stereocenters. The second-order valence-corrected chi connectivity index (χ2v) is 4.10. The van der Waals surface area contributed by atoms with Crippen LogP contribution in [0.2, 0.25) is 0 Å². The first-order chi connectivity index (χ1) is 6.11. The number of hydrogen-bond acceptors (Lipinski definition) is 2. The average Bonchev–Trinajstić information content (AvgIpc) is 2.80. The summed E-state index contributed by atoms with van der Waals surface area (Å²) in [6, 6.07) is 0. The van der Waals surface area contributed by atoms with E-state index in [4.69, 9.17) is 4.52 Å². The standard InChI is InChI=1S/C10H15NO2/c1-6(2)8-9(7-4-5-7)13-11(3)10(8)12/h6-7H,4-5H2,1-3H3. The summed E-state index contributed by atoms with van der Waals surface area (Å²) in [4.78, 5) is 11.6. The highest BCUT2D eigenvalue weighted by Gasteiger charge is 2.33. The second-order valence-electron chi connectivity index (χ2n) is 4.10. The highest BCUT2D eigenvalue weighted by Crippen LogP contribution is 2.42. The van der Waals surface area contributed by atoms with Crippen LogP contribution in [0, 0.1) is 0 Å². The van der Waals surface area contributed by atoms with Crippen molar-refractivity contribution in [3.8, 4) is 0 Å². The lowest BCUT2D eigenvalue weighted by molar-refractivity contribution is 0.275. The minimum atomic E-state index is 0.0388. The van der Waals surface area contributed by atoms with Crippen LogP contribution in [0.25, 0.3) is 0 Å². The van der Waals surface area contributed by atoms with Crippen molar-refractivity contribution in [2.45, 2.75) is 38.5 Å². The van der Waals surface area contributed by atoms with Gasteiger partial charge in [0.05, 0.1) is 5.56 Å². The molecule has 1 aliphatic rings. The van der Waals surface area contributed by atoms with Crippen molar-refractivity contribution in [2.75, 3.05) is 0 Å². The zero-order valence-corrected chi connectivity index (χ0v) is 8.33. The van der Waals surface area contributed by atoms with Gasteiger partial charge in [-0.2, -0.15) is 4.74 Å². The van der Waals surface area contributed by atoms with Crippen LogP contribution in [0.3, 0.4) is 0 Å². The Kier molecular flexibility index (Phi) is 1.82. The van der Waals surface area contributed by atoms with Gasteiger partial charge in [-0.1, -0.05) is 13.8 Å². The fourth-order valence-corrected chi connectivity index (χ4v) is 1.68. The summed E-state index contributed by atoms with van der Waals surface area (Å²) in [6.07, 6.45) is 2.35. The number of rotatable bonds is 2. The molecule has 3 nitrogen and oxygen atoms in total. The van der Waals surface area contributed by atoms with E-state index < -0.39 is 0 Å². The summed E-state index contributed by atoms with van der Waals surface area (Å²) < 4.78 is 6.78. The monoisotopic (exact) mass is 181 g/mol. The van der Waals surface area contributed by atoms with Crippen molar-refractivity contribution in [2.24, 2.45) is 7.05 Å². The molecule has 1 fully saturated rings. The normalized spacial score (nSPS) is 16.9. The lowest BCUT2D eigenvalue weighted by Crippen LogP contribution is -2.15. The molecule has 0 N–H and O–H groups in total. The molecule has 1 aromatic rings. The molecule has 0 spiro atoms. The molecule has 0 radical (unpaired) electrons. The molecule has 1 aromatic heterocycles. The zero-order chi connectivity index (χ0) is 9.59. The summed E-state index contributed by atoms with van der Waals surface area (Å²) >= 11 is 0. The van der Waals surface area contributed by atoms with Crippen LogP contribution < -0.4 is 5.56 Å². The first-order valence-electron chi connectivity index (χ1n) is 4.81. The van der Waals surface area contributed by atoms with E-state index in [-0.39, 0.29) is 11.5 Å². The van der Waals surface area contributed by atoms with Crippen molar-refractivity contribution in [3.63, 3.8) is 0 Å². The summed E-state index contributed by atoms with van der Waals surface area (Å²) in [6.45, 7) is 4.08. The van der Waals surface area contributed by atoms with E-state index in [1.165, 1.54) is 17.6 Å². The van der Waals surface area contributed by atoms with Crippen LogP contribution in [-0.2, 0) is 7.05 Å². The molecule has 3 heteroatoms. The molecule has 72 valence electrons. The third-order valence-corrected chi connectivity index (χ3v) is 2.54. The summed E-state index contributed by atoms with van der Waals surface area (Å²) in [7, 11) is 1.68. The SMILES string of the molecule is CC(C)c1c(C2CC2)on(C)c1=O. The van der Waals surface area contributed by atoms with Gasteiger partial charge in [0.1, 0.15) is 5.76 Å². The zero-order valence-electron chi connectivity index (χ0n) is 8.33. The molecule has 0 aliphatic heterocycles. The number of aromatic nitrogens is 1. The van der Waals surface area contributed by atoms with E-state index in [1.807, 2.05) is 13.8 Å². The fourth-order valence-electron chi connectivity index (χ4n) is 1.68. The van der Waals surface area contributed by atoms with Gasteiger partial charge in [0.15, 0.2) is 0 Å². The molecule has 0 amide bonds. The Morgan fingerprint density at radius 1 is 1.46 bits per heavy atom. The van der Waals surface area contributed by atoms with Crippen molar-refractivity contribution in [3.05, 3.63) is 21.7 Å². The molecular weight excluding hydrogens is 166 g/mol. The van der Waals surface area contributed by atoms with Gasteiger partial charge in [-0.25, -0.2) is 0 Å². The topological polar surface area (TPSA) is 35.1 Å². The maximum absolute atomic E-state index is 11.6. The van der Waals surface area contributed by atoms with Gasteiger partial charge < -0.3 is 4.52 Å². The molecular formula is C10H15NO2. The van der Waals surface area contributed by atoms with Gasteiger partial charge in [-0.05, 0) is 18.8 Å². The quantitative estimate of drug-likeness (QED) is 0.699. The minimum absolute atomic E-state index is 0.0388. The van der Waals surface area contributed by atoms with Gasteiger partial charge >= 0.3 is 0 Å². The van der Waals surface area contributed by atoms with Gasteiger partial charge in [0.25, 0.3) is 5.56 Å². The van der Waals surface area contributed by atoms with Crippen molar-refractivity contribution < 1.29 is 4.52 Å². The maximum atomic E-state index is 11.6. The number of nitrogens with zero attached hydrogens (tertiary/aromatic N) is 1. The van der Waals surface area contributed by atoms with Crippen LogP contribution >= 0.6 is 0 Å². The highest BCUT2D eigenvalue weighted by atomic mass is 16.5. The first-order valence-corrected chi connectivity index (χ1v) is 4.81. The Morgan fingerprint density at radius 2 is 2.08 bits per heavy atom. The van der Waals surface area contributed by atoms with Gasteiger partial charge in [0.2, 0.25) is 0 Å². The van der Waals surface area contributed by atoms with E-state index >= 15 is 0 Å². The van der Waals surface area contributed by atoms with Crippen LogP contribution in [0.15, 0.2) is 9.32 Å². The molecule has 1 heterocycles. The minimum Gasteiger partial charge on any atom is -0.381 e. The van der Waals surface area contributed by atoms with E-state index in [9.17, 15) is 4.79 Å². The third-order valence-electron chi connectivity index (χ3n) is 2.54. The van der Waals surface area contributed by atoms with E-state index in [2.05, 4.69) is 0 Å². The Labute approximate surface area is 77.3 Å². The predicted octanol–water partition coefficient (Wildman–Crippen LogP) is 1.98. The van der Waals surface area contributed by atoms with E-state index in [0.29, 0.717) is 5.92 Å². The van der Waals surface area contributed by atoms with Crippen LogP contribution in [-0.4, -0.2) is 4.74 Å². The Morgan fingerprint density at radius 3 is 2.54 bits per heavy atom. The van der Waals surface area contributed by atoms with E-state index in [0.717, 1.165) is 11.3 Å². The largest absolute Gasteiger partial charge is 0.381 e. The molecule has 0 bridgehead atoms. The molecule has 0 saturated heterocycles. The van der Waals surface area contributed by atoms with Crippen molar-refractivity contribution in [1.29, 1.82) is 0 Å². The molecule has 0 aromatic carbocycles.